The van der Waals surface area contributed by atoms with Crippen molar-refractivity contribution in [1.29, 1.82) is 0 Å². The summed E-state index contributed by atoms with van der Waals surface area (Å²) in [6, 6.07) is 2.98. The van der Waals surface area contributed by atoms with Gasteiger partial charge in [0.15, 0.2) is 0 Å². The van der Waals surface area contributed by atoms with E-state index in [0.717, 1.165) is 12.8 Å². The normalized spacial score (nSPS) is 10.7. The largest absolute Gasteiger partial charge is 0.379 e. The minimum Gasteiger partial charge on any atom is -0.379 e. The molecule has 0 aliphatic heterocycles. The summed E-state index contributed by atoms with van der Waals surface area (Å²) in [7, 11) is 1.65. The van der Waals surface area contributed by atoms with Crippen molar-refractivity contribution in [2.45, 2.75) is 32.8 Å². The number of carbonyl (C=O) groups excluding carboxylic acids is 1. The Morgan fingerprint density at radius 2 is 2.16 bits per heavy atom. The van der Waals surface area contributed by atoms with Gasteiger partial charge in [-0.05, 0) is 32.8 Å². The molecule has 0 atom stereocenters. The van der Waals surface area contributed by atoms with Crippen molar-refractivity contribution in [2.24, 2.45) is 7.05 Å². The average Bonchev–Trinajstić information content (AvgIpc) is 2.36. The van der Waals surface area contributed by atoms with E-state index in [1.54, 1.807) is 19.3 Å². The number of nitrogens with zero attached hydrogens (tertiary/aromatic N) is 1. The van der Waals surface area contributed by atoms with Crippen molar-refractivity contribution in [2.75, 3.05) is 13.2 Å². The van der Waals surface area contributed by atoms with Crippen LogP contribution < -0.4 is 10.9 Å². The van der Waals surface area contributed by atoms with Crippen LogP contribution in [-0.4, -0.2) is 29.7 Å². The molecule has 0 spiro atoms. The molecule has 1 heterocycles. The molecule has 0 unspecified atom stereocenters. The first-order valence-corrected chi connectivity index (χ1v) is 6.57. The molecule has 0 saturated heterocycles. The number of ether oxygens (including phenoxy) is 1. The average molecular weight is 266 g/mol. The van der Waals surface area contributed by atoms with E-state index in [9.17, 15) is 9.59 Å². The maximum Gasteiger partial charge on any atom is 0.251 e. The third-order valence-corrected chi connectivity index (χ3v) is 2.67. The highest BCUT2D eigenvalue weighted by Crippen LogP contribution is 1.96. The van der Waals surface area contributed by atoms with Gasteiger partial charge < -0.3 is 14.6 Å². The molecule has 19 heavy (non-hydrogen) atoms. The number of unbranched alkanes of at least 4 members (excludes halogenated alkanes) is 1. The topological polar surface area (TPSA) is 60.3 Å². The number of hydrogen-bond acceptors (Lipinski definition) is 3. The van der Waals surface area contributed by atoms with Crippen LogP contribution in [0.2, 0.25) is 0 Å². The first-order valence-electron chi connectivity index (χ1n) is 6.57. The van der Waals surface area contributed by atoms with Gasteiger partial charge in [0.1, 0.15) is 0 Å². The molecule has 1 rings (SSSR count). The van der Waals surface area contributed by atoms with Crippen molar-refractivity contribution in [3.8, 4) is 0 Å². The van der Waals surface area contributed by atoms with Gasteiger partial charge in [-0.2, -0.15) is 0 Å². The minimum atomic E-state index is -0.206. The second-order valence-electron chi connectivity index (χ2n) is 4.75. The number of pyridine rings is 1. The molecule has 0 fully saturated rings. The summed E-state index contributed by atoms with van der Waals surface area (Å²) in [6.45, 7) is 5.30. The van der Waals surface area contributed by atoms with Gasteiger partial charge in [-0.3, -0.25) is 9.59 Å². The molecule has 0 aromatic carbocycles. The predicted octanol–water partition coefficient (Wildman–Crippen LogP) is 1.32. The summed E-state index contributed by atoms with van der Waals surface area (Å²) >= 11 is 0. The van der Waals surface area contributed by atoms with E-state index < -0.39 is 0 Å². The van der Waals surface area contributed by atoms with Crippen LogP contribution in [0.25, 0.3) is 0 Å². The van der Waals surface area contributed by atoms with E-state index in [-0.39, 0.29) is 17.6 Å². The number of nitrogens with one attached hydrogen (secondary N) is 1. The van der Waals surface area contributed by atoms with Crippen molar-refractivity contribution >= 4 is 5.91 Å². The van der Waals surface area contributed by atoms with E-state index in [4.69, 9.17) is 4.74 Å². The Hall–Kier alpha value is -1.62. The number of aryl methyl sites for hydroxylation is 1. The van der Waals surface area contributed by atoms with Crippen LogP contribution in [0.4, 0.5) is 0 Å². The first kappa shape index (κ1) is 15.4. The van der Waals surface area contributed by atoms with Crippen LogP contribution in [0.5, 0.6) is 0 Å². The maximum atomic E-state index is 11.8. The van der Waals surface area contributed by atoms with Gasteiger partial charge in [-0.15, -0.1) is 0 Å². The molecule has 5 heteroatoms. The van der Waals surface area contributed by atoms with Gasteiger partial charge in [-0.25, -0.2) is 0 Å². The van der Waals surface area contributed by atoms with Gasteiger partial charge in [0.05, 0.1) is 6.10 Å². The molecule has 0 bridgehead atoms. The number of hydrogen-bond donors (Lipinski definition) is 1. The zero-order valence-electron chi connectivity index (χ0n) is 11.8. The molecule has 0 aliphatic carbocycles. The molecular formula is C14H22N2O3. The monoisotopic (exact) mass is 266 g/mol. The van der Waals surface area contributed by atoms with Gasteiger partial charge >= 0.3 is 0 Å². The van der Waals surface area contributed by atoms with Crippen LogP contribution in [0.3, 0.4) is 0 Å². The summed E-state index contributed by atoms with van der Waals surface area (Å²) < 4.78 is 6.84. The fraction of sp³-hybridized carbons (Fsp3) is 0.571. The van der Waals surface area contributed by atoms with E-state index in [1.807, 2.05) is 13.8 Å². The molecule has 0 radical (unpaired) electrons. The van der Waals surface area contributed by atoms with E-state index >= 15 is 0 Å². The smallest absolute Gasteiger partial charge is 0.251 e. The first-order chi connectivity index (χ1) is 9.00. The number of rotatable bonds is 7. The Balaban J connectivity index is 2.28. The van der Waals surface area contributed by atoms with Gasteiger partial charge in [0, 0.05) is 38.0 Å². The van der Waals surface area contributed by atoms with Crippen LogP contribution in [0.1, 0.15) is 37.0 Å². The molecule has 5 nitrogen and oxygen atoms in total. The Kier molecular flexibility index (Phi) is 6.29. The van der Waals surface area contributed by atoms with E-state index in [2.05, 4.69) is 5.32 Å². The number of amides is 1. The highest BCUT2D eigenvalue weighted by Gasteiger charge is 2.05. The summed E-state index contributed by atoms with van der Waals surface area (Å²) in [4.78, 5) is 23.1. The lowest BCUT2D eigenvalue weighted by molar-refractivity contribution is 0.0754. The maximum absolute atomic E-state index is 11.8. The zero-order valence-corrected chi connectivity index (χ0v) is 11.8. The van der Waals surface area contributed by atoms with Gasteiger partial charge in [0.25, 0.3) is 11.5 Å². The quantitative estimate of drug-likeness (QED) is 0.757. The Morgan fingerprint density at radius 1 is 1.42 bits per heavy atom. The van der Waals surface area contributed by atoms with Gasteiger partial charge in [0.2, 0.25) is 0 Å². The predicted molar refractivity (Wildman–Crippen MR) is 74.3 cm³/mol. The number of carbonyl (C=O) groups is 1. The molecular weight excluding hydrogens is 244 g/mol. The summed E-state index contributed by atoms with van der Waals surface area (Å²) in [5, 5.41) is 2.79. The lowest BCUT2D eigenvalue weighted by atomic mass is 10.2. The molecule has 1 aromatic rings. The van der Waals surface area contributed by atoms with Crippen LogP contribution >= 0.6 is 0 Å². The SMILES string of the molecule is CC(C)OCCCCNC(=O)c1ccn(C)c(=O)c1. The van der Waals surface area contributed by atoms with Crippen LogP contribution in [-0.2, 0) is 11.8 Å². The molecule has 1 amide bonds. The zero-order chi connectivity index (χ0) is 14.3. The Morgan fingerprint density at radius 3 is 2.79 bits per heavy atom. The Labute approximate surface area is 113 Å². The second-order valence-corrected chi connectivity index (χ2v) is 4.75. The van der Waals surface area contributed by atoms with Crippen molar-refractivity contribution in [3.05, 3.63) is 34.2 Å². The van der Waals surface area contributed by atoms with E-state index in [0.29, 0.717) is 18.7 Å². The lowest BCUT2D eigenvalue weighted by Crippen LogP contribution is -2.27. The fourth-order valence-corrected chi connectivity index (χ4v) is 1.54. The summed E-state index contributed by atoms with van der Waals surface area (Å²) in [5.41, 5.74) is 0.222. The minimum absolute atomic E-state index is 0.182. The highest BCUT2D eigenvalue weighted by molar-refractivity contribution is 5.93. The molecule has 0 aliphatic rings. The standard InChI is InChI=1S/C14H22N2O3/c1-11(2)19-9-5-4-7-15-14(18)12-6-8-16(3)13(17)10-12/h6,8,10-11H,4-5,7,9H2,1-3H3,(H,15,18). The third-order valence-electron chi connectivity index (χ3n) is 2.67. The molecule has 1 N–H and O–H groups in total. The van der Waals surface area contributed by atoms with Crippen LogP contribution in [0, 0.1) is 0 Å². The van der Waals surface area contributed by atoms with Crippen molar-refractivity contribution in [1.82, 2.24) is 9.88 Å². The molecule has 1 aromatic heterocycles. The third kappa shape index (κ3) is 5.70. The van der Waals surface area contributed by atoms with Crippen LogP contribution in [0.15, 0.2) is 23.1 Å². The Bertz CT molecular complexity index is 466. The number of aromatic nitrogens is 1. The second kappa shape index (κ2) is 7.74. The summed E-state index contributed by atoms with van der Waals surface area (Å²) in [6.07, 6.45) is 3.61. The molecule has 0 saturated carbocycles. The van der Waals surface area contributed by atoms with Crippen molar-refractivity contribution in [3.63, 3.8) is 0 Å². The fourth-order valence-electron chi connectivity index (χ4n) is 1.54. The summed E-state index contributed by atoms with van der Waals surface area (Å²) in [5.74, 6) is -0.206. The lowest BCUT2D eigenvalue weighted by Gasteiger charge is -2.08. The van der Waals surface area contributed by atoms with Crippen molar-refractivity contribution < 1.29 is 9.53 Å². The highest BCUT2D eigenvalue weighted by atomic mass is 16.5. The van der Waals surface area contributed by atoms with E-state index in [1.165, 1.54) is 10.6 Å². The van der Waals surface area contributed by atoms with Gasteiger partial charge in [-0.1, -0.05) is 0 Å². The molecule has 106 valence electrons.